The second-order valence-electron chi connectivity index (χ2n) is 7.05. The topological polar surface area (TPSA) is 3.24 Å². The molecule has 126 valence electrons. The van der Waals surface area contributed by atoms with E-state index >= 15 is 0 Å². The Morgan fingerprint density at radius 1 is 1.30 bits per heavy atom. The quantitative estimate of drug-likeness (QED) is 0.645. The molecule has 0 aromatic heterocycles. The van der Waals surface area contributed by atoms with Gasteiger partial charge in [0.15, 0.2) is 0 Å². The minimum Gasteiger partial charge on any atom is -0.298 e. The lowest BCUT2D eigenvalue weighted by molar-refractivity contribution is 0.363. The van der Waals surface area contributed by atoms with E-state index in [1.807, 2.05) is 6.08 Å². The summed E-state index contributed by atoms with van der Waals surface area (Å²) < 4.78 is 0. The molecule has 0 N–H and O–H groups in total. The third-order valence-corrected chi connectivity index (χ3v) is 3.28. The van der Waals surface area contributed by atoms with Gasteiger partial charge in [0.2, 0.25) is 0 Å². The van der Waals surface area contributed by atoms with Crippen molar-refractivity contribution in [2.24, 2.45) is 5.41 Å². The highest BCUT2D eigenvalue weighted by atomic mass is 35.5. The van der Waals surface area contributed by atoms with Gasteiger partial charge in [0, 0.05) is 18.5 Å². The van der Waals surface area contributed by atoms with E-state index in [0.717, 1.165) is 18.7 Å². The van der Waals surface area contributed by atoms with Crippen molar-refractivity contribution in [2.45, 2.75) is 41.2 Å². The van der Waals surface area contributed by atoms with E-state index in [1.165, 1.54) is 16.7 Å². The van der Waals surface area contributed by atoms with Crippen LogP contribution in [0.4, 0.5) is 0 Å². The maximum absolute atomic E-state index is 4.06. The Hall–Kier alpha value is -1.49. The van der Waals surface area contributed by atoms with E-state index in [1.54, 1.807) is 0 Å². The third-order valence-electron chi connectivity index (χ3n) is 3.28. The average molecular weight is 332 g/mol. The highest BCUT2D eigenvalue weighted by Gasteiger charge is 2.04. The molecular formula is C21H30ClN. The number of rotatable bonds is 5. The molecule has 0 saturated heterocycles. The summed E-state index contributed by atoms with van der Waals surface area (Å²) in [6, 6.07) is 6.62. The number of halogens is 1. The van der Waals surface area contributed by atoms with Gasteiger partial charge in [-0.15, -0.1) is 12.4 Å². The summed E-state index contributed by atoms with van der Waals surface area (Å²) in [5.74, 6) is 6.31. The van der Waals surface area contributed by atoms with Gasteiger partial charge in [0.25, 0.3) is 0 Å². The van der Waals surface area contributed by atoms with Crippen molar-refractivity contribution in [3.05, 3.63) is 53.6 Å². The van der Waals surface area contributed by atoms with Crippen molar-refractivity contribution >= 4 is 18.0 Å². The molecule has 1 aromatic carbocycles. The summed E-state index contributed by atoms with van der Waals surface area (Å²) in [6.45, 7) is 16.4. The van der Waals surface area contributed by atoms with Crippen LogP contribution in [0.5, 0.6) is 0 Å². The van der Waals surface area contributed by atoms with Gasteiger partial charge in [-0.2, -0.15) is 0 Å². The zero-order valence-corrected chi connectivity index (χ0v) is 16.2. The van der Waals surface area contributed by atoms with Crippen LogP contribution in [0.1, 0.15) is 44.4 Å². The van der Waals surface area contributed by atoms with E-state index in [-0.39, 0.29) is 17.8 Å². The first kappa shape index (κ1) is 21.5. The van der Waals surface area contributed by atoms with Crippen LogP contribution in [0.2, 0.25) is 0 Å². The fraction of sp³-hybridized carbons (Fsp3) is 0.429. The number of nitrogens with zero attached hydrogens (tertiary/aromatic N) is 1. The molecule has 1 aromatic rings. The zero-order chi connectivity index (χ0) is 16.8. The van der Waals surface area contributed by atoms with Crippen LogP contribution in [0.25, 0.3) is 5.57 Å². The summed E-state index contributed by atoms with van der Waals surface area (Å²) in [5, 5.41) is 0. The summed E-state index contributed by atoms with van der Waals surface area (Å²) in [7, 11) is 2.13. The van der Waals surface area contributed by atoms with Gasteiger partial charge < -0.3 is 0 Å². The molecule has 0 bridgehead atoms. The first-order chi connectivity index (χ1) is 10.2. The number of allylic oxidation sites excluding steroid dienone is 2. The Morgan fingerprint density at radius 3 is 2.52 bits per heavy atom. The number of hydrogen-bond acceptors (Lipinski definition) is 1. The molecule has 0 heterocycles. The molecule has 0 saturated carbocycles. The molecule has 0 fully saturated rings. The SMILES string of the molecule is C=C(C)c1cc(CN(C)C/C=C/C#CC(C)(C)C)ccc1C.Cl. The Bertz CT molecular complexity index is 609. The largest absolute Gasteiger partial charge is 0.298 e. The summed E-state index contributed by atoms with van der Waals surface area (Å²) in [6.07, 6.45) is 4.07. The summed E-state index contributed by atoms with van der Waals surface area (Å²) in [5.41, 5.74) is 5.06. The Balaban J connectivity index is 0.00000484. The van der Waals surface area contributed by atoms with Crippen molar-refractivity contribution in [1.29, 1.82) is 0 Å². The van der Waals surface area contributed by atoms with E-state index in [9.17, 15) is 0 Å². The van der Waals surface area contributed by atoms with Crippen LogP contribution in [0.3, 0.4) is 0 Å². The highest BCUT2D eigenvalue weighted by Crippen LogP contribution is 2.19. The van der Waals surface area contributed by atoms with Gasteiger partial charge in [-0.1, -0.05) is 42.2 Å². The maximum Gasteiger partial charge on any atom is 0.0234 e. The molecule has 0 radical (unpaired) electrons. The Kier molecular flexibility index (Phi) is 8.98. The fourth-order valence-corrected chi connectivity index (χ4v) is 2.15. The van der Waals surface area contributed by atoms with Crippen LogP contribution in [-0.2, 0) is 6.54 Å². The van der Waals surface area contributed by atoms with E-state index in [0.29, 0.717) is 0 Å². The minimum atomic E-state index is 0. The van der Waals surface area contributed by atoms with E-state index in [2.05, 4.69) is 89.3 Å². The molecule has 0 amide bonds. The maximum atomic E-state index is 4.06. The fourth-order valence-electron chi connectivity index (χ4n) is 2.15. The van der Waals surface area contributed by atoms with Gasteiger partial charge >= 0.3 is 0 Å². The second kappa shape index (κ2) is 9.60. The standard InChI is InChI=1S/C21H29N.ClH/c1-17(2)20-15-19(12-11-18(20)3)16-22(7)14-10-8-9-13-21(4,5)6;/h8,10-12,15H,1,14,16H2,2-7H3;1H/b10-8+;. The third kappa shape index (κ3) is 8.65. The first-order valence-corrected chi connectivity index (χ1v) is 7.81. The van der Waals surface area contributed by atoms with Gasteiger partial charge in [0.1, 0.15) is 0 Å². The molecular weight excluding hydrogens is 302 g/mol. The number of likely N-dealkylation sites (N-methyl/N-ethyl adjacent to an activating group) is 1. The van der Waals surface area contributed by atoms with Crippen LogP contribution in [0, 0.1) is 24.2 Å². The monoisotopic (exact) mass is 331 g/mol. The summed E-state index contributed by atoms with van der Waals surface area (Å²) >= 11 is 0. The van der Waals surface area contributed by atoms with Crippen LogP contribution < -0.4 is 0 Å². The predicted octanol–water partition coefficient (Wildman–Crippen LogP) is 5.49. The lowest BCUT2D eigenvalue weighted by atomic mass is 9.98. The molecule has 23 heavy (non-hydrogen) atoms. The number of benzene rings is 1. The van der Waals surface area contributed by atoms with Gasteiger partial charge in [0.05, 0.1) is 0 Å². The van der Waals surface area contributed by atoms with Crippen LogP contribution >= 0.6 is 12.4 Å². The Labute approximate surface area is 148 Å². The molecule has 2 heteroatoms. The minimum absolute atomic E-state index is 0. The van der Waals surface area contributed by atoms with Crippen LogP contribution in [0.15, 0.2) is 36.9 Å². The van der Waals surface area contributed by atoms with Gasteiger partial charge in [-0.05, 0) is 70.5 Å². The lowest BCUT2D eigenvalue weighted by Gasteiger charge is -2.16. The smallest absolute Gasteiger partial charge is 0.0234 e. The van der Waals surface area contributed by atoms with Crippen LogP contribution in [-0.4, -0.2) is 18.5 Å². The first-order valence-electron chi connectivity index (χ1n) is 7.81. The molecule has 1 rings (SSSR count). The Morgan fingerprint density at radius 2 is 1.96 bits per heavy atom. The molecule has 0 aliphatic heterocycles. The van der Waals surface area contributed by atoms with E-state index in [4.69, 9.17) is 0 Å². The molecule has 0 spiro atoms. The average Bonchev–Trinajstić information content (AvgIpc) is 2.39. The van der Waals surface area contributed by atoms with Crippen molar-refractivity contribution in [3.8, 4) is 11.8 Å². The summed E-state index contributed by atoms with van der Waals surface area (Å²) in [4.78, 5) is 2.28. The molecule has 0 aliphatic rings. The van der Waals surface area contributed by atoms with Crippen molar-refractivity contribution in [3.63, 3.8) is 0 Å². The van der Waals surface area contributed by atoms with Gasteiger partial charge in [-0.3, -0.25) is 4.90 Å². The molecule has 1 nitrogen and oxygen atoms in total. The number of hydrogen-bond donors (Lipinski definition) is 0. The highest BCUT2D eigenvalue weighted by molar-refractivity contribution is 5.85. The molecule has 0 unspecified atom stereocenters. The lowest BCUT2D eigenvalue weighted by Crippen LogP contribution is -2.17. The molecule has 0 aliphatic carbocycles. The normalized spacial score (nSPS) is 11.1. The van der Waals surface area contributed by atoms with Crippen molar-refractivity contribution in [2.75, 3.05) is 13.6 Å². The predicted molar refractivity (Wildman–Crippen MR) is 106 cm³/mol. The van der Waals surface area contributed by atoms with Crippen molar-refractivity contribution in [1.82, 2.24) is 4.90 Å². The molecule has 0 atom stereocenters. The number of aryl methyl sites for hydroxylation is 1. The van der Waals surface area contributed by atoms with Gasteiger partial charge in [-0.25, -0.2) is 0 Å². The van der Waals surface area contributed by atoms with E-state index < -0.39 is 0 Å². The van der Waals surface area contributed by atoms with Crippen molar-refractivity contribution < 1.29 is 0 Å². The second-order valence-corrected chi connectivity index (χ2v) is 7.05. The zero-order valence-electron chi connectivity index (χ0n) is 15.4.